The molecule has 13 heteroatoms. The molecule has 2 amide bonds. The van der Waals surface area contributed by atoms with E-state index < -0.39 is 23.5 Å². The number of benzene rings is 1. The van der Waals surface area contributed by atoms with Crippen molar-refractivity contribution >= 4 is 35.1 Å². The van der Waals surface area contributed by atoms with Crippen LogP contribution in [-0.4, -0.2) is 71.7 Å². The van der Waals surface area contributed by atoms with Gasteiger partial charge in [0.15, 0.2) is 5.69 Å². The Hall–Kier alpha value is -4.42. The number of nitrogens with zero attached hydrogens (tertiary/aromatic N) is 5. The average molecular weight is 653 g/mol. The number of anilines is 3. The number of carbonyl (C=O) groups excluding carboxylic acids is 3. The van der Waals surface area contributed by atoms with Gasteiger partial charge in [-0.25, -0.2) is 4.98 Å². The zero-order chi connectivity index (χ0) is 33.1. The Labute approximate surface area is 271 Å². The molecule has 1 aromatic carbocycles. The van der Waals surface area contributed by atoms with Crippen molar-refractivity contribution in [1.29, 1.82) is 0 Å². The third-order valence-corrected chi connectivity index (χ3v) is 9.70. The van der Waals surface area contributed by atoms with Crippen LogP contribution in [0.3, 0.4) is 0 Å². The Balaban J connectivity index is 1.04. The van der Waals surface area contributed by atoms with Gasteiger partial charge in [-0.1, -0.05) is 30.3 Å². The molecule has 0 unspecified atom stereocenters. The first-order chi connectivity index (χ1) is 22.6. The van der Waals surface area contributed by atoms with Crippen LogP contribution >= 0.6 is 0 Å². The number of hydrogen-bond acceptors (Lipinski definition) is 8. The Morgan fingerprint density at radius 3 is 2.09 bits per heavy atom. The highest BCUT2D eigenvalue weighted by molar-refractivity contribution is 6.03. The number of Topliss-reactive ketones (excluding diaryl/α,β-unsaturated/α-hetero) is 1. The number of piperidine rings is 1. The molecule has 250 valence electrons. The summed E-state index contributed by atoms with van der Waals surface area (Å²) in [6, 6.07) is 13.0. The minimum atomic E-state index is -4.88. The minimum absolute atomic E-state index is 0.0386. The van der Waals surface area contributed by atoms with Crippen molar-refractivity contribution < 1.29 is 32.0 Å². The van der Waals surface area contributed by atoms with Gasteiger partial charge in [0.05, 0.1) is 11.9 Å². The smallest absolute Gasteiger partial charge is 0.417 e. The molecule has 6 rings (SSSR count). The average Bonchev–Trinajstić information content (AvgIpc) is 3.56. The van der Waals surface area contributed by atoms with Crippen molar-refractivity contribution in [2.75, 3.05) is 54.4 Å². The van der Waals surface area contributed by atoms with E-state index in [9.17, 15) is 27.6 Å². The number of nitrogens with one attached hydrogen (secondary N) is 1. The number of alkyl halides is 3. The third-order valence-electron chi connectivity index (χ3n) is 9.70. The third kappa shape index (κ3) is 7.44. The molecule has 0 radical (unpaired) electrons. The highest BCUT2D eigenvalue weighted by atomic mass is 19.4. The number of piperazine rings is 1. The Morgan fingerprint density at radius 1 is 0.830 bits per heavy atom. The van der Waals surface area contributed by atoms with E-state index in [1.54, 1.807) is 24.0 Å². The lowest BCUT2D eigenvalue weighted by molar-refractivity contribution is -0.141. The quantitative estimate of drug-likeness (QED) is 0.343. The summed E-state index contributed by atoms with van der Waals surface area (Å²) in [5.74, 6) is -0.653. The summed E-state index contributed by atoms with van der Waals surface area (Å²) in [4.78, 5) is 51.4. The van der Waals surface area contributed by atoms with Gasteiger partial charge in [0.25, 0.3) is 11.9 Å². The molecule has 1 aliphatic carbocycles. The first-order valence-corrected chi connectivity index (χ1v) is 16.3. The number of amides is 2. The number of hydrogen-bond donors (Lipinski definition) is 1. The molecule has 10 nitrogen and oxygen atoms in total. The summed E-state index contributed by atoms with van der Waals surface area (Å²) in [6.45, 7) is 4.76. The summed E-state index contributed by atoms with van der Waals surface area (Å²) < 4.78 is 47.2. The molecule has 4 heterocycles. The predicted molar refractivity (Wildman–Crippen MR) is 169 cm³/mol. The molecule has 2 aromatic heterocycles. The summed E-state index contributed by atoms with van der Waals surface area (Å²) in [6.07, 6.45) is 0.969. The molecule has 3 fully saturated rings. The second-order valence-corrected chi connectivity index (χ2v) is 12.7. The number of carbonyl (C=O) groups is 3. The van der Waals surface area contributed by atoms with E-state index in [4.69, 9.17) is 4.42 Å². The van der Waals surface area contributed by atoms with Crippen LogP contribution in [-0.2, 0) is 15.8 Å². The molecular weight excluding hydrogens is 613 g/mol. The zero-order valence-corrected chi connectivity index (χ0v) is 26.3. The highest BCUT2D eigenvalue weighted by Gasteiger charge is 2.42. The number of aromatic nitrogens is 2. The summed E-state index contributed by atoms with van der Waals surface area (Å²) in [7, 11) is 0. The lowest BCUT2D eigenvalue weighted by Crippen LogP contribution is -2.51. The highest BCUT2D eigenvalue weighted by Crippen LogP contribution is 2.37. The number of pyridine rings is 1. The van der Waals surface area contributed by atoms with Crippen molar-refractivity contribution in [3.05, 3.63) is 65.7 Å². The number of rotatable bonds is 7. The Morgan fingerprint density at radius 2 is 1.49 bits per heavy atom. The monoisotopic (exact) mass is 652 g/mol. The van der Waals surface area contributed by atoms with Crippen LogP contribution in [0.2, 0.25) is 0 Å². The maximum absolute atomic E-state index is 13.9. The van der Waals surface area contributed by atoms with Crippen LogP contribution in [0.25, 0.3) is 0 Å². The second-order valence-electron chi connectivity index (χ2n) is 12.7. The zero-order valence-electron chi connectivity index (χ0n) is 26.3. The molecule has 0 spiro atoms. The van der Waals surface area contributed by atoms with E-state index in [1.165, 1.54) is 11.8 Å². The molecular formula is C34H39F3N6O4. The van der Waals surface area contributed by atoms with E-state index in [1.807, 2.05) is 40.1 Å². The van der Waals surface area contributed by atoms with Crippen LogP contribution in [0.5, 0.6) is 0 Å². The molecule has 2 saturated heterocycles. The molecule has 0 bridgehead atoms. The standard InChI is InChI=1S/C34H39F3N6O4/c1-22(44)23-7-9-26(10-8-23)32(46)42-19-17-41(18-20-42)28-12-11-27(21-38-28)39-31(45)29-30(34(35,36)37)40-33(47-29)43-15-13-25(14-16-43)24-5-3-2-4-6-24/h2-6,11-12,21,23,25-26H,7-10,13-20H2,1H3,(H,39,45)/t23-,26-. The van der Waals surface area contributed by atoms with Gasteiger partial charge in [-0.3, -0.25) is 14.4 Å². The van der Waals surface area contributed by atoms with Crippen LogP contribution < -0.4 is 15.1 Å². The van der Waals surface area contributed by atoms with Crippen LogP contribution in [0.1, 0.15) is 73.2 Å². The molecule has 2 aliphatic heterocycles. The van der Waals surface area contributed by atoms with E-state index in [-0.39, 0.29) is 35.2 Å². The fraction of sp³-hybridized carbons (Fsp3) is 0.500. The molecule has 47 heavy (non-hydrogen) atoms. The predicted octanol–water partition coefficient (Wildman–Crippen LogP) is 5.77. The topological polar surface area (TPSA) is 112 Å². The summed E-state index contributed by atoms with van der Waals surface area (Å²) in [5.41, 5.74) is 0.0374. The van der Waals surface area contributed by atoms with Gasteiger partial charge < -0.3 is 24.4 Å². The van der Waals surface area contributed by atoms with E-state index in [0.717, 1.165) is 38.5 Å². The lowest BCUT2D eigenvalue weighted by atomic mass is 9.79. The summed E-state index contributed by atoms with van der Waals surface area (Å²) >= 11 is 0. The molecule has 1 N–H and O–H groups in total. The van der Waals surface area contributed by atoms with Gasteiger partial charge in [0.2, 0.25) is 11.7 Å². The largest absolute Gasteiger partial charge is 0.437 e. The molecule has 0 atom stereocenters. The van der Waals surface area contributed by atoms with Crippen molar-refractivity contribution in [2.45, 2.75) is 57.5 Å². The lowest BCUT2D eigenvalue weighted by Gasteiger charge is -2.38. The summed E-state index contributed by atoms with van der Waals surface area (Å²) in [5, 5.41) is 2.47. The van der Waals surface area contributed by atoms with Gasteiger partial charge in [-0.2, -0.15) is 18.2 Å². The fourth-order valence-electron chi connectivity index (χ4n) is 6.92. The van der Waals surface area contributed by atoms with Gasteiger partial charge in [0.1, 0.15) is 11.6 Å². The normalized spacial score (nSPS) is 21.1. The van der Waals surface area contributed by atoms with Gasteiger partial charge >= 0.3 is 6.18 Å². The van der Waals surface area contributed by atoms with Gasteiger partial charge in [0, 0.05) is 51.1 Å². The molecule has 1 saturated carbocycles. The molecule has 3 aromatic rings. The maximum atomic E-state index is 13.9. The fourth-order valence-corrected chi connectivity index (χ4v) is 6.92. The Bertz CT molecular complexity index is 1550. The molecule has 3 aliphatic rings. The van der Waals surface area contributed by atoms with Crippen LogP contribution in [0.15, 0.2) is 53.1 Å². The second kappa shape index (κ2) is 13.7. The van der Waals surface area contributed by atoms with E-state index in [0.29, 0.717) is 51.0 Å². The van der Waals surface area contributed by atoms with Crippen LogP contribution in [0.4, 0.5) is 30.7 Å². The first kappa shape index (κ1) is 32.5. The number of halogens is 3. The minimum Gasteiger partial charge on any atom is -0.417 e. The van der Waals surface area contributed by atoms with Crippen molar-refractivity contribution in [1.82, 2.24) is 14.9 Å². The van der Waals surface area contributed by atoms with Crippen molar-refractivity contribution in [2.24, 2.45) is 11.8 Å². The maximum Gasteiger partial charge on any atom is 0.437 e. The van der Waals surface area contributed by atoms with Crippen molar-refractivity contribution in [3.8, 4) is 0 Å². The van der Waals surface area contributed by atoms with E-state index >= 15 is 0 Å². The van der Waals surface area contributed by atoms with Crippen molar-refractivity contribution in [3.63, 3.8) is 0 Å². The Kier molecular flexibility index (Phi) is 9.51. The van der Waals surface area contributed by atoms with E-state index in [2.05, 4.69) is 15.3 Å². The van der Waals surface area contributed by atoms with Gasteiger partial charge in [-0.05, 0) is 69.1 Å². The number of ketones is 1. The first-order valence-electron chi connectivity index (χ1n) is 16.3. The number of oxazole rings is 1. The van der Waals surface area contributed by atoms with Gasteiger partial charge in [-0.15, -0.1) is 0 Å². The SMILES string of the molecule is CC(=O)[C@H]1CC[C@H](C(=O)N2CCN(c3ccc(NC(=O)c4oc(N5CCC(c6ccccc6)CC5)nc4C(F)(F)F)cn3)CC2)CC1. The van der Waals surface area contributed by atoms with Crippen LogP contribution in [0, 0.1) is 11.8 Å².